The second kappa shape index (κ2) is 5.68. The Bertz CT molecular complexity index is 680. The number of anilines is 1. The Morgan fingerprint density at radius 1 is 1.19 bits per heavy atom. The molecule has 1 amide bonds. The van der Waals surface area contributed by atoms with Crippen LogP contribution in [0.4, 0.5) is 5.69 Å². The SMILES string of the molecule is CC(N)c1cccc(NC(=O)c2ccc3c(c2)COC3)c1. The van der Waals surface area contributed by atoms with Crippen LogP contribution >= 0.6 is 0 Å². The van der Waals surface area contributed by atoms with E-state index in [1.807, 2.05) is 49.4 Å². The van der Waals surface area contributed by atoms with Crippen LogP contribution < -0.4 is 11.1 Å². The number of carbonyl (C=O) groups excluding carboxylic acids is 1. The number of fused-ring (bicyclic) bond motifs is 1. The maximum absolute atomic E-state index is 12.3. The number of benzene rings is 2. The van der Waals surface area contributed by atoms with E-state index in [4.69, 9.17) is 10.5 Å². The molecule has 0 saturated heterocycles. The Morgan fingerprint density at radius 2 is 2.00 bits per heavy atom. The van der Waals surface area contributed by atoms with Crippen LogP contribution in [-0.2, 0) is 18.0 Å². The minimum absolute atomic E-state index is 0.0565. The molecule has 0 bridgehead atoms. The maximum Gasteiger partial charge on any atom is 0.255 e. The van der Waals surface area contributed by atoms with Crippen molar-refractivity contribution in [3.63, 3.8) is 0 Å². The molecule has 1 aliphatic heterocycles. The third-order valence-electron chi connectivity index (χ3n) is 3.65. The zero-order valence-electron chi connectivity index (χ0n) is 11.9. The van der Waals surface area contributed by atoms with E-state index in [1.54, 1.807) is 0 Å². The number of hydrogen-bond donors (Lipinski definition) is 2. The zero-order chi connectivity index (χ0) is 14.8. The highest BCUT2D eigenvalue weighted by atomic mass is 16.5. The van der Waals surface area contributed by atoms with E-state index in [2.05, 4.69) is 5.32 Å². The van der Waals surface area contributed by atoms with E-state index >= 15 is 0 Å². The van der Waals surface area contributed by atoms with Crippen molar-refractivity contribution in [2.24, 2.45) is 5.73 Å². The Kier molecular flexibility index (Phi) is 3.73. The standard InChI is InChI=1S/C17H18N2O2/c1-11(18)12-3-2-4-16(8-12)19-17(20)13-5-6-14-9-21-10-15(14)7-13/h2-8,11H,9-10,18H2,1H3,(H,19,20). The molecular formula is C17H18N2O2. The predicted octanol–water partition coefficient (Wildman–Crippen LogP) is 2.99. The summed E-state index contributed by atoms with van der Waals surface area (Å²) in [5.74, 6) is -0.119. The minimum atomic E-state index is -0.119. The van der Waals surface area contributed by atoms with E-state index in [0.29, 0.717) is 18.8 Å². The first-order chi connectivity index (χ1) is 10.1. The van der Waals surface area contributed by atoms with E-state index < -0.39 is 0 Å². The molecule has 4 nitrogen and oxygen atoms in total. The topological polar surface area (TPSA) is 64.3 Å². The van der Waals surface area contributed by atoms with Crippen LogP contribution in [0, 0.1) is 0 Å². The van der Waals surface area contributed by atoms with Crippen LogP contribution in [0.25, 0.3) is 0 Å². The fourth-order valence-corrected chi connectivity index (χ4v) is 2.42. The van der Waals surface area contributed by atoms with Gasteiger partial charge in [-0.3, -0.25) is 4.79 Å². The molecule has 0 aromatic heterocycles. The number of nitrogens with two attached hydrogens (primary N) is 1. The van der Waals surface area contributed by atoms with Crippen molar-refractivity contribution in [1.29, 1.82) is 0 Å². The zero-order valence-corrected chi connectivity index (χ0v) is 11.9. The van der Waals surface area contributed by atoms with Gasteiger partial charge in [0.25, 0.3) is 5.91 Å². The molecule has 2 aromatic rings. The Balaban J connectivity index is 1.78. The molecular weight excluding hydrogens is 264 g/mol. The van der Waals surface area contributed by atoms with Gasteiger partial charge in [-0.1, -0.05) is 18.2 Å². The largest absolute Gasteiger partial charge is 0.372 e. The van der Waals surface area contributed by atoms with Gasteiger partial charge in [-0.2, -0.15) is 0 Å². The Morgan fingerprint density at radius 3 is 2.81 bits per heavy atom. The quantitative estimate of drug-likeness (QED) is 0.909. The van der Waals surface area contributed by atoms with Crippen LogP contribution in [0.1, 0.15) is 40.0 Å². The van der Waals surface area contributed by atoms with E-state index in [-0.39, 0.29) is 11.9 Å². The second-order valence-electron chi connectivity index (χ2n) is 5.34. The number of hydrogen-bond acceptors (Lipinski definition) is 3. The molecule has 1 unspecified atom stereocenters. The highest BCUT2D eigenvalue weighted by molar-refractivity contribution is 6.04. The lowest BCUT2D eigenvalue weighted by Gasteiger charge is -2.10. The van der Waals surface area contributed by atoms with Crippen LogP contribution in [0.2, 0.25) is 0 Å². The van der Waals surface area contributed by atoms with Crippen molar-refractivity contribution < 1.29 is 9.53 Å². The summed E-state index contributed by atoms with van der Waals surface area (Å²) in [6, 6.07) is 13.2. The monoisotopic (exact) mass is 282 g/mol. The summed E-state index contributed by atoms with van der Waals surface area (Å²) in [6.45, 7) is 3.13. The van der Waals surface area contributed by atoms with Gasteiger partial charge >= 0.3 is 0 Å². The lowest BCUT2D eigenvalue weighted by atomic mass is 10.1. The average molecular weight is 282 g/mol. The lowest BCUT2D eigenvalue weighted by molar-refractivity contribution is 0.102. The molecule has 0 aliphatic carbocycles. The first kappa shape index (κ1) is 13.8. The fourth-order valence-electron chi connectivity index (χ4n) is 2.42. The van der Waals surface area contributed by atoms with Gasteiger partial charge in [-0.05, 0) is 47.9 Å². The van der Waals surface area contributed by atoms with Crippen molar-refractivity contribution in [3.8, 4) is 0 Å². The van der Waals surface area contributed by atoms with Gasteiger partial charge in [0.2, 0.25) is 0 Å². The van der Waals surface area contributed by atoms with E-state index in [0.717, 1.165) is 22.4 Å². The summed E-state index contributed by atoms with van der Waals surface area (Å²) >= 11 is 0. The van der Waals surface area contributed by atoms with Gasteiger partial charge < -0.3 is 15.8 Å². The molecule has 108 valence electrons. The summed E-state index contributed by atoms with van der Waals surface area (Å²) in [4.78, 5) is 12.3. The summed E-state index contributed by atoms with van der Waals surface area (Å²) in [7, 11) is 0. The first-order valence-electron chi connectivity index (χ1n) is 7.00. The van der Waals surface area contributed by atoms with Gasteiger partial charge in [-0.25, -0.2) is 0 Å². The third-order valence-corrected chi connectivity index (χ3v) is 3.65. The maximum atomic E-state index is 12.3. The molecule has 1 atom stereocenters. The van der Waals surface area contributed by atoms with Gasteiger partial charge in [0.05, 0.1) is 13.2 Å². The Hall–Kier alpha value is -2.17. The van der Waals surface area contributed by atoms with E-state index in [1.165, 1.54) is 0 Å². The minimum Gasteiger partial charge on any atom is -0.372 e. The summed E-state index contributed by atoms with van der Waals surface area (Å²) in [5, 5.41) is 2.91. The molecule has 0 spiro atoms. The summed E-state index contributed by atoms with van der Waals surface area (Å²) in [5.41, 5.74) is 10.5. The molecule has 2 aromatic carbocycles. The van der Waals surface area contributed by atoms with Crippen molar-refractivity contribution in [2.45, 2.75) is 26.2 Å². The first-order valence-corrected chi connectivity index (χ1v) is 7.00. The van der Waals surface area contributed by atoms with Gasteiger partial charge in [0, 0.05) is 17.3 Å². The molecule has 3 rings (SSSR count). The molecule has 0 fully saturated rings. The Labute approximate surface area is 123 Å². The van der Waals surface area contributed by atoms with Crippen molar-refractivity contribution in [3.05, 3.63) is 64.7 Å². The molecule has 0 saturated carbocycles. The number of rotatable bonds is 3. The third kappa shape index (κ3) is 2.96. The van der Waals surface area contributed by atoms with Gasteiger partial charge in [-0.15, -0.1) is 0 Å². The summed E-state index contributed by atoms with van der Waals surface area (Å²) in [6.07, 6.45) is 0. The molecule has 21 heavy (non-hydrogen) atoms. The van der Waals surface area contributed by atoms with Gasteiger partial charge in [0.15, 0.2) is 0 Å². The second-order valence-corrected chi connectivity index (χ2v) is 5.34. The number of amides is 1. The number of nitrogens with one attached hydrogen (secondary N) is 1. The average Bonchev–Trinajstić information content (AvgIpc) is 2.94. The molecule has 1 aliphatic rings. The summed E-state index contributed by atoms with van der Waals surface area (Å²) < 4.78 is 5.36. The number of ether oxygens (including phenoxy) is 1. The van der Waals surface area contributed by atoms with Crippen molar-refractivity contribution >= 4 is 11.6 Å². The van der Waals surface area contributed by atoms with Crippen LogP contribution in [0.3, 0.4) is 0 Å². The van der Waals surface area contributed by atoms with Crippen LogP contribution in [0.5, 0.6) is 0 Å². The molecule has 0 radical (unpaired) electrons. The van der Waals surface area contributed by atoms with E-state index in [9.17, 15) is 4.79 Å². The molecule has 4 heteroatoms. The highest BCUT2D eigenvalue weighted by Gasteiger charge is 2.14. The van der Waals surface area contributed by atoms with Crippen LogP contribution in [0.15, 0.2) is 42.5 Å². The number of carbonyl (C=O) groups is 1. The van der Waals surface area contributed by atoms with Crippen molar-refractivity contribution in [2.75, 3.05) is 5.32 Å². The lowest BCUT2D eigenvalue weighted by Crippen LogP contribution is -2.13. The van der Waals surface area contributed by atoms with Crippen LogP contribution in [-0.4, -0.2) is 5.91 Å². The smallest absolute Gasteiger partial charge is 0.255 e. The predicted molar refractivity (Wildman–Crippen MR) is 81.9 cm³/mol. The molecule has 3 N–H and O–H groups in total. The highest BCUT2D eigenvalue weighted by Crippen LogP contribution is 2.22. The fraction of sp³-hybridized carbons (Fsp3) is 0.235. The van der Waals surface area contributed by atoms with Crippen molar-refractivity contribution in [1.82, 2.24) is 0 Å². The normalized spacial score (nSPS) is 14.6. The van der Waals surface area contributed by atoms with Gasteiger partial charge in [0.1, 0.15) is 0 Å². The molecule has 1 heterocycles.